The molecule has 1 heterocycles. The van der Waals surface area contributed by atoms with Gasteiger partial charge in [-0.1, -0.05) is 0 Å². The molecule has 1 aromatic rings. The first-order valence-electron chi connectivity index (χ1n) is 6.91. The van der Waals surface area contributed by atoms with Crippen LogP contribution in [0, 0.1) is 5.92 Å². The summed E-state index contributed by atoms with van der Waals surface area (Å²) >= 11 is 0. The van der Waals surface area contributed by atoms with E-state index in [-0.39, 0.29) is 18.2 Å². The lowest BCUT2D eigenvalue weighted by Gasteiger charge is -2.36. The molecule has 1 saturated heterocycles. The minimum Gasteiger partial charge on any atom is -0.481 e. The number of carboxylic acids is 1. The van der Waals surface area contributed by atoms with Gasteiger partial charge in [-0.15, -0.1) is 0 Å². The van der Waals surface area contributed by atoms with Crippen LogP contribution in [0.2, 0.25) is 0 Å². The quantitative estimate of drug-likeness (QED) is 0.912. The van der Waals surface area contributed by atoms with Crippen molar-refractivity contribution >= 4 is 11.9 Å². The second-order valence-corrected chi connectivity index (χ2v) is 5.49. The highest BCUT2D eigenvalue weighted by Gasteiger charge is 2.34. The highest BCUT2D eigenvalue weighted by molar-refractivity contribution is 5.94. The van der Waals surface area contributed by atoms with E-state index in [1.54, 1.807) is 6.92 Å². The fourth-order valence-electron chi connectivity index (χ4n) is 2.56. The number of halogens is 3. The third kappa shape index (κ3) is 3.40. The number of rotatable bonds is 2. The molecule has 120 valence electrons. The summed E-state index contributed by atoms with van der Waals surface area (Å²) in [5, 5.41) is 9.06. The lowest BCUT2D eigenvalue weighted by atomic mass is 9.93. The molecule has 22 heavy (non-hydrogen) atoms. The Hall–Kier alpha value is -2.05. The summed E-state index contributed by atoms with van der Waals surface area (Å²) in [7, 11) is 0. The Morgan fingerprint density at radius 3 is 2.27 bits per heavy atom. The van der Waals surface area contributed by atoms with Crippen LogP contribution in [0.3, 0.4) is 0 Å². The number of nitrogens with zero attached hydrogens (tertiary/aromatic N) is 1. The Bertz CT molecular complexity index is 568. The van der Waals surface area contributed by atoms with Gasteiger partial charge in [-0.25, -0.2) is 0 Å². The Balaban J connectivity index is 2.17. The Kier molecular flexibility index (Phi) is 4.44. The van der Waals surface area contributed by atoms with Crippen molar-refractivity contribution in [1.29, 1.82) is 0 Å². The topological polar surface area (TPSA) is 57.6 Å². The maximum Gasteiger partial charge on any atom is 0.416 e. The molecule has 2 atom stereocenters. The van der Waals surface area contributed by atoms with Crippen molar-refractivity contribution in [2.24, 2.45) is 5.92 Å². The first-order chi connectivity index (χ1) is 10.2. The molecule has 1 amide bonds. The molecule has 7 heteroatoms. The van der Waals surface area contributed by atoms with Gasteiger partial charge in [-0.05, 0) is 44.0 Å². The zero-order valence-corrected chi connectivity index (χ0v) is 11.9. The summed E-state index contributed by atoms with van der Waals surface area (Å²) in [5.41, 5.74) is -0.690. The lowest BCUT2D eigenvalue weighted by molar-refractivity contribution is -0.143. The number of alkyl halides is 3. The predicted molar refractivity (Wildman–Crippen MR) is 72.3 cm³/mol. The summed E-state index contributed by atoms with van der Waals surface area (Å²) in [5.74, 6) is -2.03. The van der Waals surface area contributed by atoms with Crippen LogP contribution < -0.4 is 0 Å². The second-order valence-electron chi connectivity index (χ2n) is 5.49. The van der Waals surface area contributed by atoms with E-state index in [1.807, 2.05) is 0 Å². The van der Waals surface area contributed by atoms with Gasteiger partial charge in [0.05, 0.1) is 11.5 Å². The van der Waals surface area contributed by atoms with Crippen LogP contribution in [0.5, 0.6) is 0 Å². The smallest absolute Gasteiger partial charge is 0.416 e. The third-order valence-corrected chi connectivity index (χ3v) is 3.95. The number of aliphatic carboxylic acids is 1. The van der Waals surface area contributed by atoms with Crippen molar-refractivity contribution in [1.82, 2.24) is 4.90 Å². The minimum absolute atomic E-state index is 0.0797. The summed E-state index contributed by atoms with van der Waals surface area (Å²) in [6.07, 6.45) is -3.40. The van der Waals surface area contributed by atoms with Crippen LogP contribution in [-0.2, 0) is 11.0 Å². The fourth-order valence-corrected chi connectivity index (χ4v) is 2.56. The van der Waals surface area contributed by atoms with Crippen molar-refractivity contribution in [3.05, 3.63) is 35.4 Å². The molecule has 0 radical (unpaired) electrons. The Morgan fingerprint density at radius 2 is 1.77 bits per heavy atom. The molecule has 2 unspecified atom stereocenters. The van der Waals surface area contributed by atoms with Crippen LogP contribution in [0.1, 0.15) is 35.7 Å². The largest absolute Gasteiger partial charge is 0.481 e. The average molecular weight is 315 g/mol. The first-order valence-corrected chi connectivity index (χ1v) is 6.91. The van der Waals surface area contributed by atoms with E-state index in [2.05, 4.69) is 0 Å². The van der Waals surface area contributed by atoms with Gasteiger partial charge in [0.25, 0.3) is 5.91 Å². The first kappa shape index (κ1) is 16.3. The number of amides is 1. The number of carbonyl (C=O) groups excluding carboxylic acids is 1. The molecule has 4 nitrogen and oxygen atoms in total. The van der Waals surface area contributed by atoms with E-state index in [4.69, 9.17) is 5.11 Å². The van der Waals surface area contributed by atoms with Gasteiger partial charge >= 0.3 is 12.1 Å². The number of hydrogen-bond donors (Lipinski definition) is 1. The number of benzene rings is 1. The molecule has 1 N–H and O–H groups in total. The van der Waals surface area contributed by atoms with Gasteiger partial charge in [0.15, 0.2) is 0 Å². The van der Waals surface area contributed by atoms with E-state index < -0.39 is 29.5 Å². The maximum absolute atomic E-state index is 12.5. The predicted octanol–water partition coefficient (Wildman–Crippen LogP) is 3.03. The van der Waals surface area contributed by atoms with E-state index in [0.29, 0.717) is 12.8 Å². The number of piperidine rings is 1. The zero-order chi connectivity index (χ0) is 16.5. The molecule has 0 aliphatic carbocycles. The van der Waals surface area contributed by atoms with Crippen LogP contribution in [-0.4, -0.2) is 34.5 Å². The normalized spacial score (nSPS) is 22.5. The summed E-state index contributed by atoms with van der Waals surface area (Å²) in [6.45, 7) is 1.89. The monoisotopic (exact) mass is 315 g/mol. The van der Waals surface area contributed by atoms with Crippen molar-refractivity contribution in [3.63, 3.8) is 0 Å². The Labute approximate surface area is 125 Å². The van der Waals surface area contributed by atoms with Crippen LogP contribution >= 0.6 is 0 Å². The number of hydrogen-bond acceptors (Lipinski definition) is 2. The van der Waals surface area contributed by atoms with Gasteiger partial charge in [-0.2, -0.15) is 13.2 Å². The maximum atomic E-state index is 12.5. The molecule has 1 aliphatic rings. The highest BCUT2D eigenvalue weighted by atomic mass is 19.4. The number of likely N-dealkylation sites (tertiary alicyclic amines) is 1. The van der Waals surface area contributed by atoms with Gasteiger partial charge in [0.2, 0.25) is 0 Å². The molecule has 0 spiro atoms. The van der Waals surface area contributed by atoms with Crippen molar-refractivity contribution in [3.8, 4) is 0 Å². The summed E-state index contributed by atoms with van der Waals surface area (Å²) in [6, 6.07) is 3.84. The standard InChI is InChI=1S/C15H16F3NO3/c1-9-2-3-11(14(21)22)8-19(9)13(20)10-4-6-12(7-5-10)15(16,17)18/h4-7,9,11H,2-3,8H2,1H3,(H,21,22). The van der Waals surface area contributed by atoms with E-state index >= 15 is 0 Å². The number of carbonyl (C=O) groups is 2. The highest BCUT2D eigenvalue weighted by Crippen LogP contribution is 2.30. The van der Waals surface area contributed by atoms with Crippen molar-refractivity contribution in [2.45, 2.75) is 32.0 Å². The van der Waals surface area contributed by atoms with Gasteiger partial charge in [0.1, 0.15) is 0 Å². The van der Waals surface area contributed by atoms with Gasteiger partial charge in [-0.3, -0.25) is 9.59 Å². The zero-order valence-electron chi connectivity index (χ0n) is 11.9. The van der Waals surface area contributed by atoms with Crippen LogP contribution in [0.4, 0.5) is 13.2 Å². The minimum atomic E-state index is -4.45. The van der Waals surface area contributed by atoms with E-state index in [9.17, 15) is 22.8 Å². The number of carboxylic acid groups (broad SMARTS) is 1. The van der Waals surface area contributed by atoms with E-state index in [0.717, 1.165) is 24.3 Å². The van der Waals surface area contributed by atoms with Crippen molar-refractivity contribution < 1.29 is 27.9 Å². The fraction of sp³-hybridized carbons (Fsp3) is 0.467. The van der Waals surface area contributed by atoms with Gasteiger partial charge < -0.3 is 10.0 Å². The van der Waals surface area contributed by atoms with Gasteiger partial charge in [0, 0.05) is 18.2 Å². The van der Waals surface area contributed by atoms with Crippen molar-refractivity contribution in [2.75, 3.05) is 6.54 Å². The molecule has 0 aromatic heterocycles. The molecule has 1 aliphatic heterocycles. The molecular weight excluding hydrogens is 299 g/mol. The second kappa shape index (κ2) is 5.98. The summed E-state index contributed by atoms with van der Waals surface area (Å²) in [4.78, 5) is 24.9. The van der Waals surface area contributed by atoms with Crippen LogP contribution in [0.15, 0.2) is 24.3 Å². The van der Waals surface area contributed by atoms with E-state index in [1.165, 1.54) is 4.90 Å². The van der Waals surface area contributed by atoms with Crippen LogP contribution in [0.25, 0.3) is 0 Å². The molecule has 0 bridgehead atoms. The average Bonchev–Trinajstić information content (AvgIpc) is 2.46. The molecule has 0 saturated carbocycles. The molecular formula is C15H16F3NO3. The lowest BCUT2D eigenvalue weighted by Crippen LogP contribution is -2.47. The molecule has 2 rings (SSSR count). The molecule has 1 fully saturated rings. The Morgan fingerprint density at radius 1 is 1.18 bits per heavy atom. The summed E-state index contributed by atoms with van der Waals surface area (Å²) < 4.78 is 37.6. The SMILES string of the molecule is CC1CCC(C(=O)O)CN1C(=O)c1ccc(C(F)(F)F)cc1. The third-order valence-electron chi connectivity index (χ3n) is 3.95. The molecule has 1 aromatic carbocycles.